The summed E-state index contributed by atoms with van der Waals surface area (Å²) in [5.74, 6) is 0.847. The van der Waals surface area contributed by atoms with E-state index in [9.17, 15) is 0 Å². The molecular weight excluding hydrogens is 198 g/mol. The molecule has 0 unspecified atom stereocenters. The summed E-state index contributed by atoms with van der Waals surface area (Å²) in [5, 5.41) is 3.51. The third kappa shape index (κ3) is 3.58. The van der Waals surface area contributed by atoms with Crippen molar-refractivity contribution >= 4 is 0 Å². The Morgan fingerprint density at radius 3 is 2.88 bits per heavy atom. The van der Waals surface area contributed by atoms with Gasteiger partial charge in [-0.15, -0.1) is 0 Å². The van der Waals surface area contributed by atoms with Crippen molar-refractivity contribution in [3.05, 3.63) is 30.1 Å². The molecule has 0 saturated carbocycles. The van der Waals surface area contributed by atoms with Crippen molar-refractivity contribution in [2.75, 3.05) is 26.7 Å². The van der Waals surface area contributed by atoms with Gasteiger partial charge in [-0.3, -0.25) is 4.98 Å². The van der Waals surface area contributed by atoms with Gasteiger partial charge < -0.3 is 10.2 Å². The molecule has 1 fully saturated rings. The van der Waals surface area contributed by atoms with E-state index in [0.29, 0.717) is 0 Å². The van der Waals surface area contributed by atoms with E-state index < -0.39 is 0 Å². The molecule has 0 radical (unpaired) electrons. The lowest BCUT2D eigenvalue weighted by atomic mass is 9.97. The minimum Gasteiger partial charge on any atom is -0.311 e. The molecule has 0 aromatic carbocycles. The van der Waals surface area contributed by atoms with Crippen molar-refractivity contribution in [3.8, 4) is 0 Å². The van der Waals surface area contributed by atoms with Gasteiger partial charge in [0.05, 0.1) is 5.69 Å². The second kappa shape index (κ2) is 5.97. The second-order valence-electron chi connectivity index (χ2n) is 4.70. The second-order valence-corrected chi connectivity index (χ2v) is 4.70. The highest BCUT2D eigenvalue weighted by Gasteiger charge is 2.15. The average molecular weight is 219 g/mol. The molecule has 16 heavy (non-hydrogen) atoms. The number of hydrogen-bond donors (Lipinski definition) is 1. The lowest BCUT2D eigenvalue weighted by Gasteiger charge is -2.28. The summed E-state index contributed by atoms with van der Waals surface area (Å²) in [6.07, 6.45) is 4.50. The Balaban J connectivity index is 1.65. The lowest BCUT2D eigenvalue weighted by molar-refractivity contribution is 0.216. The van der Waals surface area contributed by atoms with Gasteiger partial charge in [-0.2, -0.15) is 0 Å². The molecule has 3 heteroatoms. The van der Waals surface area contributed by atoms with E-state index in [4.69, 9.17) is 0 Å². The van der Waals surface area contributed by atoms with Gasteiger partial charge in [0, 0.05) is 12.7 Å². The van der Waals surface area contributed by atoms with Crippen LogP contribution in [0.4, 0.5) is 0 Å². The molecule has 0 aliphatic carbocycles. The van der Waals surface area contributed by atoms with E-state index in [-0.39, 0.29) is 0 Å². The van der Waals surface area contributed by atoms with Crippen LogP contribution in [0.1, 0.15) is 18.5 Å². The van der Waals surface area contributed by atoms with Crippen molar-refractivity contribution in [2.24, 2.45) is 5.92 Å². The van der Waals surface area contributed by atoms with Gasteiger partial charge in [0.1, 0.15) is 0 Å². The van der Waals surface area contributed by atoms with Gasteiger partial charge in [-0.25, -0.2) is 0 Å². The summed E-state index contributed by atoms with van der Waals surface area (Å²) < 4.78 is 0. The molecule has 0 spiro atoms. The Hall–Kier alpha value is -0.930. The molecule has 1 N–H and O–H groups in total. The van der Waals surface area contributed by atoms with Gasteiger partial charge in [0.25, 0.3) is 0 Å². The van der Waals surface area contributed by atoms with E-state index in [1.54, 1.807) is 0 Å². The Kier molecular flexibility index (Phi) is 4.31. The summed E-state index contributed by atoms with van der Waals surface area (Å²) in [5.41, 5.74) is 1.13. The van der Waals surface area contributed by atoms with E-state index in [1.165, 1.54) is 25.9 Å². The number of nitrogens with one attached hydrogen (secondary N) is 1. The first kappa shape index (κ1) is 11.6. The lowest BCUT2D eigenvalue weighted by Crippen LogP contribution is -2.34. The Bertz CT molecular complexity index is 291. The van der Waals surface area contributed by atoms with Crippen LogP contribution in [0.2, 0.25) is 0 Å². The number of pyridine rings is 1. The van der Waals surface area contributed by atoms with Crippen LogP contribution in [-0.4, -0.2) is 36.6 Å². The minimum atomic E-state index is 0.847. The van der Waals surface area contributed by atoms with Crippen LogP contribution in [0.15, 0.2) is 24.4 Å². The summed E-state index contributed by atoms with van der Waals surface area (Å²) in [4.78, 5) is 6.71. The largest absolute Gasteiger partial charge is 0.311 e. The third-order valence-electron chi connectivity index (χ3n) is 3.30. The fraction of sp³-hybridized carbons (Fsp3) is 0.615. The number of piperidine rings is 1. The first-order chi connectivity index (χ1) is 7.84. The minimum absolute atomic E-state index is 0.847. The molecule has 0 atom stereocenters. The van der Waals surface area contributed by atoms with Gasteiger partial charge in [-0.05, 0) is 57.6 Å². The molecular formula is C13H21N3. The Morgan fingerprint density at radius 1 is 1.38 bits per heavy atom. The van der Waals surface area contributed by atoms with E-state index in [0.717, 1.165) is 24.7 Å². The molecule has 2 heterocycles. The van der Waals surface area contributed by atoms with Crippen LogP contribution in [0.25, 0.3) is 0 Å². The van der Waals surface area contributed by atoms with Crippen molar-refractivity contribution < 1.29 is 0 Å². The molecule has 1 aliphatic rings. The highest BCUT2D eigenvalue weighted by Crippen LogP contribution is 2.14. The van der Waals surface area contributed by atoms with Crippen LogP contribution >= 0.6 is 0 Å². The zero-order chi connectivity index (χ0) is 11.2. The van der Waals surface area contributed by atoms with Crippen LogP contribution in [0, 0.1) is 5.92 Å². The highest BCUT2D eigenvalue weighted by molar-refractivity contribution is 5.02. The molecule has 1 aromatic heterocycles. The first-order valence-electron chi connectivity index (χ1n) is 6.14. The molecule has 1 aromatic rings. The smallest absolute Gasteiger partial charge is 0.0541 e. The van der Waals surface area contributed by atoms with E-state index in [1.807, 2.05) is 18.3 Å². The summed E-state index contributed by atoms with van der Waals surface area (Å²) in [6.45, 7) is 4.52. The first-order valence-corrected chi connectivity index (χ1v) is 6.14. The van der Waals surface area contributed by atoms with Gasteiger partial charge in [-0.1, -0.05) is 6.07 Å². The summed E-state index contributed by atoms with van der Waals surface area (Å²) in [7, 11) is 2.21. The Labute approximate surface area is 97.9 Å². The van der Waals surface area contributed by atoms with Gasteiger partial charge in [0.15, 0.2) is 0 Å². The third-order valence-corrected chi connectivity index (χ3v) is 3.30. The number of rotatable bonds is 4. The molecule has 1 saturated heterocycles. The maximum absolute atomic E-state index is 4.30. The molecule has 2 rings (SSSR count). The molecule has 0 amide bonds. The van der Waals surface area contributed by atoms with Crippen molar-refractivity contribution in [3.63, 3.8) is 0 Å². The quantitative estimate of drug-likeness (QED) is 0.832. The van der Waals surface area contributed by atoms with Crippen LogP contribution in [0.3, 0.4) is 0 Å². The molecule has 3 nitrogen and oxygen atoms in total. The van der Waals surface area contributed by atoms with Crippen LogP contribution in [-0.2, 0) is 6.54 Å². The van der Waals surface area contributed by atoms with Crippen molar-refractivity contribution in [1.29, 1.82) is 0 Å². The predicted octanol–water partition coefficient (Wildman–Crippen LogP) is 1.51. The molecule has 88 valence electrons. The van der Waals surface area contributed by atoms with E-state index >= 15 is 0 Å². The van der Waals surface area contributed by atoms with Gasteiger partial charge in [0.2, 0.25) is 0 Å². The molecule has 1 aliphatic heterocycles. The average Bonchev–Trinajstić information content (AvgIpc) is 2.33. The van der Waals surface area contributed by atoms with Gasteiger partial charge >= 0.3 is 0 Å². The monoisotopic (exact) mass is 219 g/mol. The molecule has 0 bridgehead atoms. The summed E-state index contributed by atoms with van der Waals surface area (Å²) >= 11 is 0. The normalized spacial score (nSPS) is 18.8. The van der Waals surface area contributed by atoms with Crippen LogP contribution in [0.5, 0.6) is 0 Å². The van der Waals surface area contributed by atoms with Crippen LogP contribution < -0.4 is 5.32 Å². The topological polar surface area (TPSA) is 28.2 Å². The van der Waals surface area contributed by atoms with Crippen molar-refractivity contribution in [2.45, 2.75) is 19.4 Å². The summed E-state index contributed by atoms with van der Waals surface area (Å²) in [6, 6.07) is 6.07. The highest BCUT2D eigenvalue weighted by atomic mass is 15.1. The number of hydrogen-bond acceptors (Lipinski definition) is 3. The zero-order valence-corrected chi connectivity index (χ0v) is 10.0. The maximum atomic E-state index is 4.30. The fourth-order valence-electron chi connectivity index (χ4n) is 2.17. The standard InChI is InChI=1S/C13H21N3/c1-16-8-5-12(6-9-16)10-14-11-13-4-2-3-7-15-13/h2-4,7,12,14H,5-6,8-11H2,1H3. The maximum Gasteiger partial charge on any atom is 0.0541 e. The fourth-order valence-corrected chi connectivity index (χ4v) is 2.17. The van der Waals surface area contributed by atoms with Crippen molar-refractivity contribution in [1.82, 2.24) is 15.2 Å². The number of likely N-dealkylation sites (tertiary alicyclic amines) is 1. The van der Waals surface area contributed by atoms with E-state index in [2.05, 4.69) is 28.3 Å². The zero-order valence-electron chi connectivity index (χ0n) is 10.0. The Morgan fingerprint density at radius 2 is 2.19 bits per heavy atom. The predicted molar refractivity (Wildman–Crippen MR) is 66.2 cm³/mol. The number of nitrogens with zero attached hydrogens (tertiary/aromatic N) is 2. The SMILES string of the molecule is CN1CCC(CNCc2ccccn2)CC1. The number of aromatic nitrogens is 1.